The lowest BCUT2D eigenvalue weighted by Crippen LogP contribution is -2.37. The molecule has 20 heavy (non-hydrogen) atoms. The number of furan rings is 1. The van der Waals surface area contributed by atoms with E-state index in [4.69, 9.17) is 4.42 Å². The van der Waals surface area contributed by atoms with Crippen molar-refractivity contribution in [3.8, 4) is 0 Å². The van der Waals surface area contributed by atoms with Crippen LogP contribution in [0.3, 0.4) is 0 Å². The van der Waals surface area contributed by atoms with Crippen molar-refractivity contribution in [1.29, 1.82) is 0 Å². The third-order valence-corrected chi connectivity index (χ3v) is 4.19. The van der Waals surface area contributed by atoms with Gasteiger partial charge in [-0.25, -0.2) is 0 Å². The maximum absolute atomic E-state index is 12.0. The van der Waals surface area contributed by atoms with E-state index in [0.717, 1.165) is 23.7 Å². The summed E-state index contributed by atoms with van der Waals surface area (Å²) in [6.45, 7) is 6.60. The molecule has 1 amide bonds. The zero-order chi connectivity index (χ0) is 14.4. The van der Waals surface area contributed by atoms with Crippen LogP contribution < -0.4 is 5.32 Å². The fourth-order valence-corrected chi connectivity index (χ4v) is 2.88. The summed E-state index contributed by atoms with van der Waals surface area (Å²) in [5.41, 5.74) is 0. The van der Waals surface area contributed by atoms with Crippen LogP contribution in [0.15, 0.2) is 40.3 Å². The molecule has 108 valence electrons. The van der Waals surface area contributed by atoms with Crippen molar-refractivity contribution in [3.63, 3.8) is 0 Å². The van der Waals surface area contributed by atoms with Crippen molar-refractivity contribution in [1.82, 2.24) is 10.2 Å². The molecular formula is C15H20N2O2S. The highest BCUT2D eigenvalue weighted by molar-refractivity contribution is 7.12. The number of hydrogen-bond acceptors (Lipinski definition) is 4. The van der Waals surface area contributed by atoms with Crippen molar-refractivity contribution in [3.05, 3.63) is 46.5 Å². The summed E-state index contributed by atoms with van der Waals surface area (Å²) in [7, 11) is 0. The maximum atomic E-state index is 12.0. The SMILES string of the molecule is CCN(CC)[C@@H](CNC(=O)c1cccs1)c1ccco1. The molecule has 0 aromatic carbocycles. The van der Waals surface area contributed by atoms with Gasteiger partial charge in [0.25, 0.3) is 5.91 Å². The van der Waals surface area contributed by atoms with Crippen molar-refractivity contribution in [2.75, 3.05) is 19.6 Å². The van der Waals surface area contributed by atoms with Gasteiger partial charge in [0, 0.05) is 6.54 Å². The van der Waals surface area contributed by atoms with Gasteiger partial charge in [0.15, 0.2) is 0 Å². The molecule has 0 aliphatic carbocycles. The number of nitrogens with zero attached hydrogens (tertiary/aromatic N) is 1. The van der Waals surface area contributed by atoms with E-state index in [1.807, 2.05) is 29.6 Å². The van der Waals surface area contributed by atoms with Gasteiger partial charge in [-0.1, -0.05) is 19.9 Å². The van der Waals surface area contributed by atoms with Gasteiger partial charge in [-0.05, 0) is 36.7 Å². The van der Waals surface area contributed by atoms with E-state index in [2.05, 4.69) is 24.1 Å². The molecule has 0 saturated carbocycles. The molecule has 0 fully saturated rings. The molecule has 1 atom stereocenters. The Morgan fingerprint density at radius 3 is 2.70 bits per heavy atom. The highest BCUT2D eigenvalue weighted by atomic mass is 32.1. The first kappa shape index (κ1) is 14.8. The van der Waals surface area contributed by atoms with Crippen LogP contribution in [0.5, 0.6) is 0 Å². The summed E-state index contributed by atoms with van der Waals surface area (Å²) in [6.07, 6.45) is 1.67. The van der Waals surface area contributed by atoms with Crippen LogP contribution >= 0.6 is 11.3 Å². The summed E-state index contributed by atoms with van der Waals surface area (Å²) >= 11 is 1.45. The van der Waals surface area contributed by atoms with Crippen LogP contribution in [0.4, 0.5) is 0 Å². The molecule has 4 nitrogen and oxygen atoms in total. The topological polar surface area (TPSA) is 45.5 Å². The van der Waals surface area contributed by atoms with E-state index in [9.17, 15) is 4.79 Å². The molecule has 0 saturated heterocycles. The lowest BCUT2D eigenvalue weighted by atomic mass is 10.2. The van der Waals surface area contributed by atoms with E-state index < -0.39 is 0 Å². The normalized spacial score (nSPS) is 12.6. The molecule has 0 bridgehead atoms. The van der Waals surface area contributed by atoms with Crippen LogP contribution in [0.25, 0.3) is 0 Å². The summed E-state index contributed by atoms with van der Waals surface area (Å²) in [5, 5.41) is 4.90. The smallest absolute Gasteiger partial charge is 0.261 e. The van der Waals surface area contributed by atoms with Crippen LogP contribution in [0.1, 0.15) is 35.3 Å². The summed E-state index contributed by atoms with van der Waals surface area (Å²) in [6, 6.07) is 7.63. The monoisotopic (exact) mass is 292 g/mol. The van der Waals surface area contributed by atoms with E-state index >= 15 is 0 Å². The Kier molecular flexibility index (Phi) is 5.38. The van der Waals surface area contributed by atoms with E-state index in [1.165, 1.54) is 11.3 Å². The first-order chi connectivity index (χ1) is 9.76. The van der Waals surface area contributed by atoms with Crippen LogP contribution in [0, 0.1) is 0 Å². The van der Waals surface area contributed by atoms with Gasteiger partial charge in [0.05, 0.1) is 17.2 Å². The second-order valence-electron chi connectivity index (χ2n) is 4.44. The predicted molar refractivity (Wildman–Crippen MR) is 81.0 cm³/mol. The molecule has 5 heteroatoms. The van der Waals surface area contributed by atoms with Gasteiger partial charge in [0.2, 0.25) is 0 Å². The second kappa shape index (κ2) is 7.26. The molecule has 2 aromatic heterocycles. The largest absolute Gasteiger partial charge is 0.468 e. The number of rotatable bonds is 7. The zero-order valence-corrected chi connectivity index (χ0v) is 12.7. The molecule has 2 heterocycles. The van der Waals surface area contributed by atoms with Gasteiger partial charge in [-0.2, -0.15) is 0 Å². The van der Waals surface area contributed by atoms with Crippen LogP contribution in [-0.2, 0) is 0 Å². The summed E-state index contributed by atoms with van der Waals surface area (Å²) in [4.78, 5) is 15.0. The minimum atomic E-state index is -0.0243. The molecule has 0 radical (unpaired) electrons. The number of carbonyl (C=O) groups is 1. The molecule has 0 unspecified atom stereocenters. The van der Waals surface area contributed by atoms with Crippen molar-refractivity contribution < 1.29 is 9.21 Å². The predicted octanol–water partition coefficient (Wildman–Crippen LogP) is 3.15. The van der Waals surface area contributed by atoms with Gasteiger partial charge < -0.3 is 9.73 Å². The molecular weight excluding hydrogens is 272 g/mol. The van der Waals surface area contributed by atoms with Gasteiger partial charge >= 0.3 is 0 Å². The molecule has 0 spiro atoms. The quantitative estimate of drug-likeness (QED) is 0.852. The van der Waals surface area contributed by atoms with Crippen LogP contribution in [0.2, 0.25) is 0 Å². The Balaban J connectivity index is 2.03. The Labute approximate surface area is 123 Å². The first-order valence-electron chi connectivity index (χ1n) is 6.85. The first-order valence-corrected chi connectivity index (χ1v) is 7.73. The van der Waals surface area contributed by atoms with E-state index in [1.54, 1.807) is 6.26 Å². The number of likely N-dealkylation sites (N-methyl/N-ethyl adjacent to an activating group) is 1. The Hall–Kier alpha value is -1.59. The lowest BCUT2D eigenvalue weighted by molar-refractivity contribution is 0.0934. The maximum Gasteiger partial charge on any atom is 0.261 e. The fourth-order valence-electron chi connectivity index (χ4n) is 2.24. The molecule has 0 aliphatic heterocycles. The van der Waals surface area contributed by atoms with Crippen LogP contribution in [-0.4, -0.2) is 30.4 Å². The fraction of sp³-hybridized carbons (Fsp3) is 0.400. The Morgan fingerprint density at radius 1 is 1.35 bits per heavy atom. The summed E-state index contributed by atoms with van der Waals surface area (Å²) in [5.74, 6) is 0.865. The zero-order valence-electron chi connectivity index (χ0n) is 11.8. The van der Waals surface area contributed by atoms with Gasteiger partial charge in [-0.15, -0.1) is 11.3 Å². The number of amides is 1. The molecule has 2 aromatic rings. The minimum Gasteiger partial charge on any atom is -0.468 e. The average molecular weight is 292 g/mol. The summed E-state index contributed by atoms with van der Waals surface area (Å²) < 4.78 is 5.51. The number of thiophene rings is 1. The number of nitrogens with one attached hydrogen (secondary N) is 1. The van der Waals surface area contributed by atoms with E-state index in [0.29, 0.717) is 6.54 Å². The third kappa shape index (κ3) is 3.49. The highest BCUT2D eigenvalue weighted by Crippen LogP contribution is 2.20. The number of carbonyl (C=O) groups excluding carboxylic acids is 1. The van der Waals surface area contributed by atoms with Crippen molar-refractivity contribution in [2.45, 2.75) is 19.9 Å². The van der Waals surface area contributed by atoms with Gasteiger partial charge in [0.1, 0.15) is 5.76 Å². The lowest BCUT2D eigenvalue weighted by Gasteiger charge is -2.28. The molecule has 1 N–H and O–H groups in total. The van der Waals surface area contributed by atoms with Crippen molar-refractivity contribution >= 4 is 17.2 Å². The highest BCUT2D eigenvalue weighted by Gasteiger charge is 2.21. The molecule has 0 aliphatic rings. The number of hydrogen-bond donors (Lipinski definition) is 1. The Bertz CT molecular complexity index is 504. The van der Waals surface area contributed by atoms with Gasteiger partial charge in [-0.3, -0.25) is 9.69 Å². The van der Waals surface area contributed by atoms with E-state index in [-0.39, 0.29) is 11.9 Å². The standard InChI is InChI=1S/C15H20N2O2S/c1-3-17(4-2)12(13-7-5-9-19-13)11-16-15(18)14-8-6-10-20-14/h5-10,12H,3-4,11H2,1-2H3,(H,16,18)/t12-/m0/s1. The average Bonchev–Trinajstić information content (AvgIpc) is 3.15. The second-order valence-corrected chi connectivity index (χ2v) is 5.39. The molecule has 2 rings (SSSR count). The third-order valence-electron chi connectivity index (χ3n) is 3.33. The Morgan fingerprint density at radius 2 is 2.15 bits per heavy atom. The van der Waals surface area contributed by atoms with Crippen molar-refractivity contribution in [2.24, 2.45) is 0 Å². The minimum absolute atomic E-state index is 0.0243.